The molecule has 0 aromatic heterocycles. The Morgan fingerprint density at radius 3 is 2.71 bits per heavy atom. The zero-order chi connectivity index (χ0) is 15.5. The van der Waals surface area contributed by atoms with Crippen LogP contribution in [0.4, 0.5) is 5.69 Å². The fourth-order valence-corrected chi connectivity index (χ4v) is 3.72. The molecule has 1 atom stereocenters. The number of hydrogen-bond donors (Lipinski definition) is 2. The van der Waals surface area contributed by atoms with Crippen LogP contribution in [0, 0.1) is 0 Å². The second-order valence-electron chi connectivity index (χ2n) is 5.12. The molecule has 1 aromatic rings. The van der Waals surface area contributed by atoms with E-state index in [-0.39, 0.29) is 16.0 Å². The molecule has 118 valence electrons. The monoisotopic (exact) mass is 333 g/mol. The second-order valence-corrected chi connectivity index (χ2v) is 7.24. The molecule has 0 bridgehead atoms. The summed E-state index contributed by atoms with van der Waals surface area (Å²) in [5, 5.41) is 0.235. The molecule has 8 heteroatoms. The molecule has 3 N–H and O–H groups in total. The van der Waals surface area contributed by atoms with E-state index in [9.17, 15) is 8.42 Å². The highest BCUT2D eigenvalue weighted by atomic mass is 35.5. The number of benzene rings is 1. The Hall–Kier alpha value is -0.860. The van der Waals surface area contributed by atoms with Gasteiger partial charge in [-0.1, -0.05) is 11.6 Å². The molecule has 1 aromatic carbocycles. The number of nitrogens with one attached hydrogen (secondary N) is 1. The summed E-state index contributed by atoms with van der Waals surface area (Å²) >= 11 is 5.87. The SMILES string of the molecule is CC(CN1CCOCC1)NS(=O)(=O)c1ccc(N)c(Cl)c1. The molecule has 1 fully saturated rings. The predicted molar refractivity (Wildman–Crippen MR) is 82.9 cm³/mol. The first kappa shape index (κ1) is 16.5. The van der Waals surface area contributed by atoms with E-state index in [1.54, 1.807) is 0 Å². The number of nitrogens with two attached hydrogens (primary N) is 1. The molecule has 1 heterocycles. The van der Waals surface area contributed by atoms with Crippen molar-refractivity contribution in [1.82, 2.24) is 9.62 Å². The summed E-state index contributed by atoms with van der Waals surface area (Å²) in [5.41, 5.74) is 5.95. The van der Waals surface area contributed by atoms with Crippen LogP contribution in [0.2, 0.25) is 5.02 Å². The molecule has 0 amide bonds. The van der Waals surface area contributed by atoms with Crippen LogP contribution in [0.15, 0.2) is 23.1 Å². The Kier molecular flexibility index (Phi) is 5.45. The van der Waals surface area contributed by atoms with Crippen LogP contribution in [0.5, 0.6) is 0 Å². The standard InChI is InChI=1S/C13H20ClN3O3S/c1-10(9-17-4-6-20-7-5-17)16-21(18,19)11-2-3-13(15)12(14)8-11/h2-3,8,10,16H,4-7,9,15H2,1H3. The van der Waals surface area contributed by atoms with Crippen molar-refractivity contribution in [3.8, 4) is 0 Å². The molecule has 21 heavy (non-hydrogen) atoms. The lowest BCUT2D eigenvalue weighted by molar-refractivity contribution is 0.0354. The van der Waals surface area contributed by atoms with Crippen LogP contribution < -0.4 is 10.5 Å². The van der Waals surface area contributed by atoms with Gasteiger partial charge in [0.05, 0.1) is 28.8 Å². The number of halogens is 1. The quantitative estimate of drug-likeness (QED) is 0.783. The van der Waals surface area contributed by atoms with Crippen molar-refractivity contribution >= 4 is 27.3 Å². The van der Waals surface area contributed by atoms with Crippen molar-refractivity contribution in [2.24, 2.45) is 0 Å². The molecule has 0 radical (unpaired) electrons. The summed E-state index contributed by atoms with van der Waals surface area (Å²) in [6.07, 6.45) is 0. The fraction of sp³-hybridized carbons (Fsp3) is 0.538. The summed E-state index contributed by atoms with van der Waals surface area (Å²) in [5.74, 6) is 0. The largest absolute Gasteiger partial charge is 0.398 e. The third-order valence-electron chi connectivity index (χ3n) is 3.27. The lowest BCUT2D eigenvalue weighted by Crippen LogP contribution is -2.45. The zero-order valence-electron chi connectivity index (χ0n) is 11.9. The lowest BCUT2D eigenvalue weighted by atomic mass is 10.3. The van der Waals surface area contributed by atoms with Gasteiger partial charge in [0.2, 0.25) is 10.0 Å². The van der Waals surface area contributed by atoms with Crippen molar-refractivity contribution in [3.63, 3.8) is 0 Å². The highest BCUT2D eigenvalue weighted by Gasteiger charge is 2.20. The van der Waals surface area contributed by atoms with Gasteiger partial charge in [0.15, 0.2) is 0 Å². The van der Waals surface area contributed by atoms with Gasteiger partial charge in [-0.25, -0.2) is 13.1 Å². The Balaban J connectivity index is 2.00. The van der Waals surface area contributed by atoms with Gasteiger partial charge in [-0.3, -0.25) is 4.90 Å². The Labute approximate surface area is 130 Å². The molecule has 1 unspecified atom stereocenters. The molecule has 1 aliphatic heterocycles. The number of ether oxygens (including phenoxy) is 1. The lowest BCUT2D eigenvalue weighted by Gasteiger charge is -2.29. The number of sulfonamides is 1. The van der Waals surface area contributed by atoms with Gasteiger partial charge >= 0.3 is 0 Å². The third kappa shape index (κ3) is 4.55. The fourth-order valence-electron chi connectivity index (χ4n) is 2.22. The maximum absolute atomic E-state index is 12.3. The summed E-state index contributed by atoms with van der Waals surface area (Å²) in [7, 11) is -3.60. The topological polar surface area (TPSA) is 84.7 Å². The van der Waals surface area contributed by atoms with Crippen molar-refractivity contribution in [1.29, 1.82) is 0 Å². The normalized spacial score (nSPS) is 18.6. The van der Waals surface area contributed by atoms with E-state index in [1.165, 1.54) is 18.2 Å². The van der Waals surface area contributed by atoms with Gasteiger partial charge in [-0.05, 0) is 25.1 Å². The average molecular weight is 334 g/mol. The second kappa shape index (κ2) is 6.93. The number of morpholine rings is 1. The van der Waals surface area contributed by atoms with E-state index in [1.807, 2.05) is 6.92 Å². The van der Waals surface area contributed by atoms with Crippen molar-refractivity contribution in [3.05, 3.63) is 23.2 Å². The smallest absolute Gasteiger partial charge is 0.240 e. The van der Waals surface area contributed by atoms with E-state index >= 15 is 0 Å². The average Bonchev–Trinajstić information content (AvgIpc) is 2.42. The number of anilines is 1. The summed E-state index contributed by atoms with van der Waals surface area (Å²) in [6, 6.07) is 4.10. The van der Waals surface area contributed by atoms with Crippen LogP contribution in [0.3, 0.4) is 0 Å². The van der Waals surface area contributed by atoms with Gasteiger partial charge in [-0.2, -0.15) is 0 Å². The van der Waals surface area contributed by atoms with E-state index in [4.69, 9.17) is 22.1 Å². The summed E-state index contributed by atoms with van der Waals surface area (Å²) in [6.45, 7) is 5.50. The Morgan fingerprint density at radius 2 is 2.10 bits per heavy atom. The van der Waals surface area contributed by atoms with Crippen LogP contribution >= 0.6 is 11.6 Å². The van der Waals surface area contributed by atoms with Crippen LogP contribution in [-0.4, -0.2) is 52.2 Å². The Morgan fingerprint density at radius 1 is 1.43 bits per heavy atom. The summed E-state index contributed by atoms with van der Waals surface area (Å²) < 4.78 is 32.5. The first-order chi connectivity index (χ1) is 9.88. The minimum Gasteiger partial charge on any atom is -0.398 e. The van der Waals surface area contributed by atoms with E-state index in [0.717, 1.165) is 13.1 Å². The van der Waals surface area contributed by atoms with Gasteiger partial charge in [-0.15, -0.1) is 0 Å². The highest BCUT2D eigenvalue weighted by Crippen LogP contribution is 2.22. The Bertz CT molecular complexity index is 588. The minimum atomic E-state index is -3.60. The van der Waals surface area contributed by atoms with Gasteiger partial charge < -0.3 is 10.5 Å². The molecule has 6 nitrogen and oxygen atoms in total. The van der Waals surface area contributed by atoms with Crippen molar-refractivity contribution in [2.75, 3.05) is 38.6 Å². The van der Waals surface area contributed by atoms with Crippen LogP contribution in [-0.2, 0) is 14.8 Å². The van der Waals surface area contributed by atoms with Crippen molar-refractivity contribution in [2.45, 2.75) is 17.9 Å². The van der Waals surface area contributed by atoms with E-state index in [2.05, 4.69) is 9.62 Å². The van der Waals surface area contributed by atoms with Crippen LogP contribution in [0.25, 0.3) is 0 Å². The maximum Gasteiger partial charge on any atom is 0.240 e. The van der Waals surface area contributed by atoms with Gasteiger partial charge in [0.1, 0.15) is 0 Å². The molecule has 1 aliphatic rings. The summed E-state index contributed by atoms with van der Waals surface area (Å²) in [4.78, 5) is 2.29. The first-order valence-corrected chi connectivity index (χ1v) is 8.62. The van der Waals surface area contributed by atoms with E-state index < -0.39 is 10.0 Å². The zero-order valence-corrected chi connectivity index (χ0v) is 13.5. The number of hydrogen-bond acceptors (Lipinski definition) is 5. The predicted octanol–water partition coefficient (Wildman–Crippen LogP) is 0.921. The van der Waals surface area contributed by atoms with E-state index in [0.29, 0.717) is 25.4 Å². The molecule has 0 saturated carbocycles. The molecular weight excluding hydrogens is 314 g/mol. The third-order valence-corrected chi connectivity index (χ3v) is 5.19. The molecule has 1 saturated heterocycles. The van der Waals surface area contributed by atoms with Crippen molar-refractivity contribution < 1.29 is 13.2 Å². The van der Waals surface area contributed by atoms with Gasteiger partial charge in [0.25, 0.3) is 0 Å². The number of nitrogens with zero attached hydrogens (tertiary/aromatic N) is 1. The molecular formula is C13H20ClN3O3S. The molecule has 2 rings (SSSR count). The highest BCUT2D eigenvalue weighted by molar-refractivity contribution is 7.89. The van der Waals surface area contributed by atoms with Gasteiger partial charge in [0, 0.05) is 25.7 Å². The minimum absolute atomic E-state index is 0.121. The molecule has 0 aliphatic carbocycles. The number of nitrogen functional groups attached to an aromatic ring is 1. The first-order valence-electron chi connectivity index (χ1n) is 6.76. The maximum atomic E-state index is 12.3. The number of rotatable bonds is 5. The molecule has 0 spiro atoms. The van der Waals surface area contributed by atoms with Crippen LogP contribution in [0.1, 0.15) is 6.92 Å².